The van der Waals surface area contributed by atoms with Gasteiger partial charge in [-0.15, -0.1) is 0 Å². The van der Waals surface area contributed by atoms with Crippen LogP contribution in [0.25, 0.3) is 0 Å². The van der Waals surface area contributed by atoms with Crippen LogP contribution in [-0.4, -0.2) is 43.8 Å². The lowest BCUT2D eigenvalue weighted by atomic mass is 10.2. The summed E-state index contributed by atoms with van der Waals surface area (Å²) in [6, 6.07) is 0.0108. The van der Waals surface area contributed by atoms with E-state index >= 15 is 0 Å². The topological polar surface area (TPSA) is 15.3 Å². The number of hydrogen-bond acceptors (Lipinski definition) is 2. The molecule has 2 nitrogen and oxygen atoms in total. The van der Waals surface area contributed by atoms with E-state index in [1.807, 2.05) is 11.9 Å². The summed E-state index contributed by atoms with van der Waals surface area (Å²) in [5.74, 6) is 0. The lowest BCUT2D eigenvalue weighted by Gasteiger charge is -2.14. The smallest absolute Gasteiger partial charge is 0.305 e. The van der Waals surface area contributed by atoms with Crippen LogP contribution < -0.4 is 5.32 Å². The van der Waals surface area contributed by atoms with E-state index in [0.29, 0.717) is 0 Å². The Morgan fingerprint density at radius 1 is 1.50 bits per heavy atom. The van der Waals surface area contributed by atoms with Crippen LogP contribution in [0.2, 0.25) is 0 Å². The fourth-order valence-electron chi connectivity index (χ4n) is 1.36. The van der Waals surface area contributed by atoms with E-state index in [2.05, 4.69) is 5.32 Å². The molecule has 0 amide bonds. The minimum absolute atomic E-state index is 0.0108. The van der Waals surface area contributed by atoms with E-state index in [1.165, 1.54) is 0 Å². The van der Waals surface area contributed by atoms with Gasteiger partial charge in [0.05, 0.1) is 6.54 Å². The number of likely N-dealkylation sites (tertiary alicyclic amines) is 1. The highest BCUT2D eigenvalue weighted by atomic mass is 19.4. The van der Waals surface area contributed by atoms with Crippen molar-refractivity contribution in [1.82, 2.24) is 10.2 Å². The van der Waals surface area contributed by atoms with E-state index < -0.39 is 12.7 Å². The minimum Gasteiger partial charge on any atom is -0.305 e. The minimum atomic E-state index is -4.08. The van der Waals surface area contributed by atoms with Crippen molar-refractivity contribution in [2.45, 2.75) is 18.6 Å². The van der Waals surface area contributed by atoms with E-state index in [1.54, 1.807) is 0 Å². The normalized spacial score (nSPS) is 26.5. The summed E-state index contributed by atoms with van der Waals surface area (Å²) in [7, 11) is 1.91. The van der Waals surface area contributed by atoms with Crippen molar-refractivity contribution in [2.75, 3.05) is 26.7 Å². The summed E-state index contributed by atoms with van der Waals surface area (Å²) in [6.07, 6.45) is -3.27. The number of alkyl halides is 3. The molecule has 0 aliphatic carbocycles. The molecule has 1 atom stereocenters. The van der Waals surface area contributed by atoms with Crippen molar-refractivity contribution in [3.63, 3.8) is 0 Å². The molecule has 0 saturated carbocycles. The standard InChI is InChI=1S/C7H13F3N2/c1-12-3-2-6(4-12)11-5-7(8,9)10/h6,11H,2-5H2,1H3/t6-/m0/s1. The predicted molar refractivity (Wildman–Crippen MR) is 40.0 cm³/mol. The van der Waals surface area contributed by atoms with Gasteiger partial charge in [-0.2, -0.15) is 13.2 Å². The molecule has 0 spiro atoms. The maximum absolute atomic E-state index is 11.7. The maximum atomic E-state index is 11.7. The second-order valence-corrected chi connectivity index (χ2v) is 3.24. The van der Waals surface area contributed by atoms with Gasteiger partial charge in [-0.25, -0.2) is 0 Å². The Kier molecular flexibility index (Phi) is 2.95. The molecule has 0 aromatic heterocycles. The van der Waals surface area contributed by atoms with Crippen molar-refractivity contribution in [3.05, 3.63) is 0 Å². The van der Waals surface area contributed by atoms with E-state index in [-0.39, 0.29) is 6.04 Å². The highest BCUT2D eigenvalue weighted by Gasteiger charge is 2.29. The number of hydrogen-bond donors (Lipinski definition) is 1. The number of nitrogens with zero attached hydrogens (tertiary/aromatic N) is 1. The van der Waals surface area contributed by atoms with Gasteiger partial charge in [0, 0.05) is 12.6 Å². The second-order valence-electron chi connectivity index (χ2n) is 3.24. The van der Waals surface area contributed by atoms with Crippen LogP contribution in [0.4, 0.5) is 13.2 Å². The largest absolute Gasteiger partial charge is 0.401 e. The third-order valence-electron chi connectivity index (χ3n) is 1.98. The predicted octanol–water partition coefficient (Wildman–Crippen LogP) is 0.842. The van der Waals surface area contributed by atoms with E-state index in [9.17, 15) is 13.2 Å². The average molecular weight is 182 g/mol. The monoisotopic (exact) mass is 182 g/mol. The number of rotatable bonds is 2. The zero-order valence-corrected chi connectivity index (χ0v) is 6.99. The molecule has 1 rings (SSSR count). The van der Waals surface area contributed by atoms with E-state index in [0.717, 1.165) is 19.5 Å². The van der Waals surface area contributed by atoms with E-state index in [4.69, 9.17) is 0 Å². The molecule has 72 valence electrons. The molecule has 12 heavy (non-hydrogen) atoms. The van der Waals surface area contributed by atoms with Gasteiger partial charge < -0.3 is 10.2 Å². The van der Waals surface area contributed by atoms with Crippen LogP contribution in [0.3, 0.4) is 0 Å². The van der Waals surface area contributed by atoms with Crippen LogP contribution in [0.5, 0.6) is 0 Å². The van der Waals surface area contributed by atoms with Crippen molar-refractivity contribution in [1.29, 1.82) is 0 Å². The second kappa shape index (κ2) is 3.62. The van der Waals surface area contributed by atoms with Gasteiger partial charge in [-0.3, -0.25) is 0 Å². The quantitative estimate of drug-likeness (QED) is 0.680. The van der Waals surface area contributed by atoms with Gasteiger partial charge in [0.1, 0.15) is 0 Å². The Morgan fingerprint density at radius 2 is 2.17 bits per heavy atom. The lowest BCUT2D eigenvalue weighted by Crippen LogP contribution is -2.38. The van der Waals surface area contributed by atoms with Gasteiger partial charge in [0.15, 0.2) is 0 Å². The van der Waals surface area contributed by atoms with Gasteiger partial charge in [0.25, 0.3) is 0 Å². The van der Waals surface area contributed by atoms with Crippen LogP contribution in [0.1, 0.15) is 6.42 Å². The zero-order chi connectivity index (χ0) is 9.19. The summed E-state index contributed by atoms with van der Waals surface area (Å²) in [5.41, 5.74) is 0. The number of likely N-dealkylation sites (N-methyl/N-ethyl adjacent to an activating group) is 1. The molecule has 0 radical (unpaired) electrons. The Labute approximate surface area is 69.7 Å². The molecule has 1 saturated heterocycles. The third kappa shape index (κ3) is 3.40. The first kappa shape index (κ1) is 9.80. The molecule has 1 N–H and O–H groups in total. The molecule has 0 unspecified atom stereocenters. The first-order chi connectivity index (χ1) is 5.47. The molecule has 1 aliphatic heterocycles. The molecule has 1 heterocycles. The summed E-state index contributed by atoms with van der Waals surface area (Å²) < 4.78 is 35.2. The lowest BCUT2D eigenvalue weighted by molar-refractivity contribution is -0.126. The molecule has 0 bridgehead atoms. The summed E-state index contributed by atoms with van der Waals surface area (Å²) in [4.78, 5) is 2.02. The molecule has 1 fully saturated rings. The fraction of sp³-hybridized carbons (Fsp3) is 1.00. The highest BCUT2D eigenvalue weighted by Crippen LogP contribution is 2.14. The molecule has 0 aromatic carbocycles. The average Bonchev–Trinajstić information content (AvgIpc) is 2.30. The van der Waals surface area contributed by atoms with Crippen molar-refractivity contribution >= 4 is 0 Å². The Morgan fingerprint density at radius 3 is 2.58 bits per heavy atom. The van der Waals surface area contributed by atoms with Gasteiger partial charge in [-0.05, 0) is 20.0 Å². The molecular weight excluding hydrogens is 169 g/mol. The Bertz CT molecular complexity index is 146. The first-order valence-corrected chi connectivity index (χ1v) is 3.96. The van der Waals surface area contributed by atoms with Gasteiger partial charge in [0.2, 0.25) is 0 Å². The van der Waals surface area contributed by atoms with Crippen molar-refractivity contribution < 1.29 is 13.2 Å². The highest BCUT2D eigenvalue weighted by molar-refractivity contribution is 4.79. The summed E-state index contributed by atoms with van der Waals surface area (Å²) >= 11 is 0. The molecule has 0 aromatic rings. The Balaban J connectivity index is 2.16. The Hall–Kier alpha value is -0.290. The molecule has 5 heteroatoms. The van der Waals surface area contributed by atoms with Crippen molar-refractivity contribution in [2.24, 2.45) is 0 Å². The summed E-state index contributed by atoms with van der Waals surface area (Å²) in [5, 5.41) is 2.49. The number of halogens is 3. The fourth-order valence-corrected chi connectivity index (χ4v) is 1.36. The molecule has 1 aliphatic rings. The van der Waals surface area contributed by atoms with Gasteiger partial charge >= 0.3 is 6.18 Å². The SMILES string of the molecule is CN1CC[C@H](NCC(F)(F)F)C1. The van der Waals surface area contributed by atoms with Gasteiger partial charge in [-0.1, -0.05) is 0 Å². The first-order valence-electron chi connectivity index (χ1n) is 3.96. The molecular formula is C7H13F3N2. The van der Waals surface area contributed by atoms with Crippen LogP contribution in [0, 0.1) is 0 Å². The van der Waals surface area contributed by atoms with Crippen LogP contribution >= 0.6 is 0 Å². The maximum Gasteiger partial charge on any atom is 0.401 e. The zero-order valence-electron chi connectivity index (χ0n) is 6.99. The van der Waals surface area contributed by atoms with Crippen molar-refractivity contribution in [3.8, 4) is 0 Å². The van der Waals surface area contributed by atoms with Crippen LogP contribution in [-0.2, 0) is 0 Å². The summed E-state index contributed by atoms with van der Waals surface area (Å²) in [6.45, 7) is 0.733. The third-order valence-corrected chi connectivity index (χ3v) is 1.98. The van der Waals surface area contributed by atoms with Crippen LogP contribution in [0.15, 0.2) is 0 Å². The number of nitrogens with one attached hydrogen (secondary N) is 1.